The molecular weight excluding hydrogens is 350 g/mol. The van der Waals surface area contributed by atoms with Crippen molar-refractivity contribution in [2.45, 2.75) is 19.4 Å². The third-order valence-corrected chi connectivity index (χ3v) is 5.53. The first-order valence-electron chi connectivity index (χ1n) is 8.87. The SMILES string of the molecule is O=C(Cn1nc(-c2ccc(Cl)cc2)ccc1=O)NC[C@H]1C[C@H]2C=C[C@H]1C2. The molecule has 26 heavy (non-hydrogen) atoms. The van der Waals surface area contributed by atoms with Crippen molar-refractivity contribution >= 4 is 17.5 Å². The van der Waals surface area contributed by atoms with Crippen molar-refractivity contribution < 1.29 is 4.79 Å². The fourth-order valence-corrected chi connectivity index (χ4v) is 4.03. The number of carbonyl (C=O) groups excluding carboxylic acids is 1. The molecule has 1 aromatic carbocycles. The van der Waals surface area contributed by atoms with Gasteiger partial charge in [0.2, 0.25) is 5.91 Å². The highest BCUT2D eigenvalue weighted by molar-refractivity contribution is 6.30. The maximum absolute atomic E-state index is 12.3. The normalized spacial score (nSPS) is 23.3. The van der Waals surface area contributed by atoms with Gasteiger partial charge in [0.25, 0.3) is 5.56 Å². The zero-order valence-corrected chi connectivity index (χ0v) is 15.0. The Bertz CT molecular complexity index is 904. The largest absolute Gasteiger partial charge is 0.354 e. The number of nitrogens with one attached hydrogen (secondary N) is 1. The Hall–Kier alpha value is -2.40. The lowest BCUT2D eigenvalue weighted by Crippen LogP contribution is -2.36. The van der Waals surface area contributed by atoms with Crippen molar-refractivity contribution in [3.8, 4) is 11.3 Å². The van der Waals surface area contributed by atoms with E-state index in [1.807, 2.05) is 12.1 Å². The number of amides is 1. The number of hydrogen-bond donors (Lipinski definition) is 1. The fraction of sp³-hybridized carbons (Fsp3) is 0.350. The maximum atomic E-state index is 12.3. The van der Waals surface area contributed by atoms with Gasteiger partial charge < -0.3 is 5.32 Å². The molecule has 134 valence electrons. The molecule has 2 aromatic rings. The van der Waals surface area contributed by atoms with E-state index in [-0.39, 0.29) is 18.0 Å². The average molecular weight is 370 g/mol. The quantitative estimate of drug-likeness (QED) is 0.824. The van der Waals surface area contributed by atoms with Crippen LogP contribution in [-0.4, -0.2) is 22.2 Å². The lowest BCUT2D eigenvalue weighted by Gasteiger charge is -2.18. The molecule has 0 saturated heterocycles. The summed E-state index contributed by atoms with van der Waals surface area (Å²) in [5.41, 5.74) is 1.19. The average Bonchev–Trinajstić information content (AvgIpc) is 3.26. The summed E-state index contributed by atoms with van der Waals surface area (Å²) in [5.74, 6) is 1.61. The van der Waals surface area contributed by atoms with E-state index in [1.54, 1.807) is 18.2 Å². The van der Waals surface area contributed by atoms with E-state index >= 15 is 0 Å². The van der Waals surface area contributed by atoms with Crippen LogP contribution in [0.1, 0.15) is 12.8 Å². The molecule has 2 aliphatic rings. The van der Waals surface area contributed by atoms with Crippen LogP contribution in [0.25, 0.3) is 11.3 Å². The molecule has 0 aliphatic heterocycles. The van der Waals surface area contributed by atoms with E-state index in [0.717, 1.165) is 12.0 Å². The van der Waals surface area contributed by atoms with E-state index in [2.05, 4.69) is 22.6 Å². The molecule has 0 spiro atoms. The van der Waals surface area contributed by atoms with Gasteiger partial charge in [0.05, 0.1) is 5.69 Å². The molecule has 1 amide bonds. The molecule has 5 nitrogen and oxygen atoms in total. The van der Waals surface area contributed by atoms with Gasteiger partial charge >= 0.3 is 0 Å². The zero-order chi connectivity index (χ0) is 18.1. The van der Waals surface area contributed by atoms with E-state index in [9.17, 15) is 9.59 Å². The molecule has 2 bridgehead atoms. The molecule has 1 aromatic heterocycles. The number of nitrogens with zero attached hydrogens (tertiary/aromatic N) is 2. The first kappa shape index (κ1) is 17.0. The molecular formula is C20H20ClN3O2. The predicted molar refractivity (Wildman–Crippen MR) is 101 cm³/mol. The monoisotopic (exact) mass is 369 g/mol. The molecule has 0 unspecified atom stereocenters. The van der Waals surface area contributed by atoms with Gasteiger partial charge in [0.1, 0.15) is 6.54 Å². The Morgan fingerprint density at radius 2 is 1.96 bits per heavy atom. The minimum absolute atomic E-state index is 0.0725. The van der Waals surface area contributed by atoms with Gasteiger partial charge in [-0.2, -0.15) is 5.10 Å². The summed E-state index contributed by atoms with van der Waals surface area (Å²) in [6.45, 7) is 0.590. The Morgan fingerprint density at radius 3 is 2.65 bits per heavy atom. The van der Waals surface area contributed by atoms with Gasteiger partial charge in [0, 0.05) is 23.2 Å². The number of hydrogen-bond acceptors (Lipinski definition) is 3. The number of rotatable bonds is 5. The molecule has 1 heterocycles. The van der Waals surface area contributed by atoms with E-state index < -0.39 is 0 Å². The van der Waals surface area contributed by atoms with Crippen LogP contribution in [0.4, 0.5) is 0 Å². The smallest absolute Gasteiger partial charge is 0.267 e. The highest BCUT2D eigenvalue weighted by Gasteiger charge is 2.35. The number of halogens is 1. The third-order valence-electron chi connectivity index (χ3n) is 5.28. The second-order valence-corrected chi connectivity index (χ2v) is 7.50. The van der Waals surface area contributed by atoms with Gasteiger partial charge in [-0.25, -0.2) is 4.68 Å². The Balaban J connectivity index is 1.41. The topological polar surface area (TPSA) is 64.0 Å². The van der Waals surface area contributed by atoms with Crippen LogP contribution in [0, 0.1) is 17.8 Å². The zero-order valence-electron chi connectivity index (χ0n) is 14.3. The standard InChI is InChI=1S/C20H20ClN3O2/c21-17-5-3-14(4-6-17)18-7-8-20(26)24(23-18)12-19(25)22-11-16-10-13-1-2-15(16)9-13/h1-8,13,15-16H,9-12H2,(H,22,25)/t13-,15-,16+/m0/s1. The number of aromatic nitrogens is 2. The highest BCUT2D eigenvalue weighted by atomic mass is 35.5. The van der Waals surface area contributed by atoms with Gasteiger partial charge in [-0.05, 0) is 48.8 Å². The van der Waals surface area contributed by atoms with Crippen molar-refractivity contribution in [3.63, 3.8) is 0 Å². The highest BCUT2D eigenvalue weighted by Crippen LogP contribution is 2.42. The Labute approximate surface area is 156 Å². The van der Waals surface area contributed by atoms with Crippen molar-refractivity contribution in [2.75, 3.05) is 6.54 Å². The van der Waals surface area contributed by atoms with Crippen LogP contribution >= 0.6 is 11.6 Å². The summed E-state index contributed by atoms with van der Waals surface area (Å²) < 4.78 is 1.21. The molecule has 4 rings (SSSR count). The number of allylic oxidation sites excluding steroid dienone is 2. The molecule has 3 atom stereocenters. The van der Waals surface area contributed by atoms with Crippen molar-refractivity contribution in [1.82, 2.24) is 15.1 Å². The minimum Gasteiger partial charge on any atom is -0.354 e. The van der Waals surface area contributed by atoms with Crippen LogP contribution < -0.4 is 10.9 Å². The lowest BCUT2D eigenvalue weighted by atomic mass is 9.94. The van der Waals surface area contributed by atoms with Crippen molar-refractivity contribution in [1.29, 1.82) is 0 Å². The summed E-state index contributed by atoms with van der Waals surface area (Å²) in [4.78, 5) is 24.3. The third kappa shape index (κ3) is 3.58. The summed E-state index contributed by atoms with van der Waals surface area (Å²) in [6.07, 6.45) is 6.91. The summed E-state index contributed by atoms with van der Waals surface area (Å²) >= 11 is 5.90. The molecule has 2 aliphatic carbocycles. The second-order valence-electron chi connectivity index (χ2n) is 7.07. The Morgan fingerprint density at radius 1 is 1.15 bits per heavy atom. The molecule has 1 saturated carbocycles. The summed E-state index contributed by atoms with van der Waals surface area (Å²) in [6, 6.07) is 10.3. The van der Waals surface area contributed by atoms with E-state index in [1.165, 1.54) is 17.2 Å². The molecule has 6 heteroatoms. The first-order valence-corrected chi connectivity index (χ1v) is 9.25. The van der Waals surface area contributed by atoms with E-state index in [0.29, 0.717) is 35.0 Å². The van der Waals surface area contributed by atoms with Crippen LogP contribution in [-0.2, 0) is 11.3 Å². The fourth-order valence-electron chi connectivity index (χ4n) is 3.90. The van der Waals surface area contributed by atoms with E-state index in [4.69, 9.17) is 11.6 Å². The van der Waals surface area contributed by atoms with Crippen LogP contribution in [0.15, 0.2) is 53.3 Å². The Kier molecular flexibility index (Phi) is 4.64. The second kappa shape index (κ2) is 7.08. The molecule has 1 N–H and O–H groups in total. The van der Waals surface area contributed by atoms with Gasteiger partial charge in [-0.1, -0.05) is 35.9 Å². The minimum atomic E-state index is -0.291. The van der Waals surface area contributed by atoms with Crippen molar-refractivity contribution in [3.05, 3.63) is 63.9 Å². The first-order chi connectivity index (χ1) is 12.6. The maximum Gasteiger partial charge on any atom is 0.267 e. The van der Waals surface area contributed by atoms with Crippen molar-refractivity contribution in [2.24, 2.45) is 17.8 Å². The van der Waals surface area contributed by atoms with Gasteiger partial charge in [0.15, 0.2) is 0 Å². The summed E-state index contributed by atoms with van der Waals surface area (Å²) in [7, 11) is 0. The van der Waals surface area contributed by atoms with Crippen LogP contribution in [0.2, 0.25) is 5.02 Å². The van der Waals surface area contributed by atoms with Gasteiger partial charge in [-0.3, -0.25) is 9.59 Å². The van der Waals surface area contributed by atoms with Crippen LogP contribution in [0.3, 0.4) is 0 Å². The predicted octanol–water partition coefficient (Wildman–Crippen LogP) is 2.89. The number of carbonyl (C=O) groups is 1. The molecule has 0 radical (unpaired) electrons. The van der Waals surface area contributed by atoms with Crippen LogP contribution in [0.5, 0.6) is 0 Å². The lowest BCUT2D eigenvalue weighted by molar-refractivity contribution is -0.122. The van der Waals surface area contributed by atoms with Gasteiger partial charge in [-0.15, -0.1) is 0 Å². The number of fused-ring (bicyclic) bond motifs is 2. The summed E-state index contributed by atoms with van der Waals surface area (Å²) in [5, 5.41) is 7.92. The molecule has 1 fully saturated rings. The number of benzene rings is 1.